The van der Waals surface area contributed by atoms with E-state index in [0.29, 0.717) is 0 Å². The summed E-state index contributed by atoms with van der Waals surface area (Å²) in [5, 5.41) is 0. The van der Waals surface area contributed by atoms with E-state index in [1.54, 1.807) is 0 Å². The van der Waals surface area contributed by atoms with Crippen molar-refractivity contribution in [1.82, 2.24) is 0 Å². The van der Waals surface area contributed by atoms with Gasteiger partial charge < -0.3 is 0 Å². The van der Waals surface area contributed by atoms with Crippen molar-refractivity contribution in [1.29, 1.82) is 0 Å². The fourth-order valence-corrected chi connectivity index (χ4v) is 0.895. The second kappa shape index (κ2) is 12.8. The first-order chi connectivity index (χ1) is 5.31. The molecular weight excluding hydrogens is 251 g/mol. The minimum atomic E-state index is 0.847. The van der Waals surface area contributed by atoms with Crippen LogP contribution in [-0.2, 0) is 4.79 Å². The first-order valence-electron chi connectivity index (χ1n) is 3.99. The highest BCUT2D eigenvalue weighted by molar-refractivity contribution is 14.1. The van der Waals surface area contributed by atoms with Crippen LogP contribution < -0.4 is 0 Å². The molecule has 66 valence electrons. The molecule has 0 unspecified atom stereocenters. The lowest BCUT2D eigenvalue weighted by Gasteiger charge is -1.87. The fourth-order valence-electron chi connectivity index (χ4n) is 0.455. The van der Waals surface area contributed by atoms with E-state index in [-0.39, 0.29) is 0 Å². The molecular formula is C9H17IO. The molecule has 0 aliphatic heterocycles. The number of hydrogen-bond donors (Lipinski definition) is 0. The van der Waals surface area contributed by atoms with Gasteiger partial charge in [-0.25, -0.2) is 0 Å². The third kappa shape index (κ3) is 13.2. The molecule has 11 heavy (non-hydrogen) atoms. The van der Waals surface area contributed by atoms with Crippen molar-refractivity contribution < 1.29 is 4.79 Å². The molecule has 0 aromatic rings. The molecule has 0 aromatic heterocycles. The molecule has 0 aliphatic rings. The molecule has 0 amide bonds. The van der Waals surface area contributed by atoms with Gasteiger partial charge in [-0.1, -0.05) is 42.5 Å². The van der Waals surface area contributed by atoms with Crippen molar-refractivity contribution in [3.63, 3.8) is 0 Å². The second-order valence-electron chi connectivity index (χ2n) is 1.90. The average molecular weight is 268 g/mol. The van der Waals surface area contributed by atoms with E-state index < -0.39 is 0 Å². The summed E-state index contributed by atoms with van der Waals surface area (Å²) in [6.07, 6.45) is 5.08. The molecule has 1 nitrogen and oxygen atoms in total. The van der Waals surface area contributed by atoms with E-state index in [2.05, 4.69) is 22.6 Å². The van der Waals surface area contributed by atoms with Crippen molar-refractivity contribution in [3.05, 3.63) is 11.6 Å². The number of allylic oxidation sites excluding steroid dienone is 2. The molecule has 0 spiro atoms. The molecule has 0 heterocycles. The Morgan fingerprint density at radius 3 is 2.36 bits per heavy atom. The summed E-state index contributed by atoms with van der Waals surface area (Å²) in [6.45, 7) is 5.83. The van der Waals surface area contributed by atoms with Gasteiger partial charge in [-0.15, -0.1) is 0 Å². The van der Waals surface area contributed by atoms with Gasteiger partial charge in [-0.2, -0.15) is 0 Å². The summed E-state index contributed by atoms with van der Waals surface area (Å²) in [4.78, 5) is 10.0. The van der Waals surface area contributed by atoms with Gasteiger partial charge in [0.15, 0.2) is 0 Å². The summed E-state index contributed by atoms with van der Waals surface area (Å²) in [5.41, 5.74) is 0.847. The van der Waals surface area contributed by atoms with E-state index >= 15 is 0 Å². The maximum atomic E-state index is 10.0. The summed E-state index contributed by atoms with van der Waals surface area (Å²) < 4.78 is 1.17. The van der Waals surface area contributed by atoms with E-state index in [1.807, 2.05) is 26.8 Å². The van der Waals surface area contributed by atoms with Crippen LogP contribution in [0.2, 0.25) is 0 Å². The number of rotatable bonds is 4. The van der Waals surface area contributed by atoms with Crippen LogP contribution in [-0.4, -0.2) is 10.7 Å². The van der Waals surface area contributed by atoms with Crippen LogP contribution in [0.3, 0.4) is 0 Å². The zero-order valence-corrected chi connectivity index (χ0v) is 9.72. The Balaban J connectivity index is 0. The highest BCUT2D eigenvalue weighted by Gasteiger charge is 1.83. The molecule has 0 saturated heterocycles. The minimum Gasteiger partial charge on any atom is -0.298 e. The first-order valence-corrected chi connectivity index (χ1v) is 5.51. The number of carbonyl (C=O) groups excluding carboxylic acids is 1. The predicted octanol–water partition coefficient (Wildman–Crippen LogP) is 3.37. The molecule has 2 heteroatoms. The Labute approximate surface area is 83.4 Å². The van der Waals surface area contributed by atoms with Gasteiger partial charge in [-0.05, 0) is 29.8 Å². The Morgan fingerprint density at radius 1 is 1.45 bits per heavy atom. The molecule has 0 N–H and O–H groups in total. The van der Waals surface area contributed by atoms with Gasteiger partial charge in [0.1, 0.15) is 6.29 Å². The summed E-state index contributed by atoms with van der Waals surface area (Å²) >= 11 is 2.33. The smallest absolute Gasteiger partial charge is 0.145 e. The predicted molar refractivity (Wildman–Crippen MR) is 59.3 cm³/mol. The Bertz CT molecular complexity index is 108. The van der Waals surface area contributed by atoms with Crippen molar-refractivity contribution in [2.24, 2.45) is 0 Å². The second-order valence-corrected chi connectivity index (χ2v) is 2.98. The molecule has 0 fully saturated rings. The number of alkyl halides is 1. The first kappa shape index (κ1) is 13.7. The van der Waals surface area contributed by atoms with E-state index in [9.17, 15) is 4.79 Å². The van der Waals surface area contributed by atoms with Crippen LogP contribution in [0.5, 0.6) is 0 Å². The van der Waals surface area contributed by atoms with Gasteiger partial charge in [0.2, 0.25) is 0 Å². The fraction of sp³-hybridized carbons (Fsp3) is 0.667. The highest BCUT2D eigenvalue weighted by Crippen LogP contribution is 1.98. The molecule has 0 saturated carbocycles. The number of unbranched alkanes of at least 4 members (excludes halogenated alkanes) is 1. The van der Waals surface area contributed by atoms with Crippen LogP contribution in [0.1, 0.15) is 33.6 Å². The number of hydrogen-bond acceptors (Lipinski definition) is 1. The summed E-state index contributed by atoms with van der Waals surface area (Å²) in [6, 6.07) is 0. The largest absolute Gasteiger partial charge is 0.298 e. The third-order valence-corrected chi connectivity index (χ3v) is 1.75. The minimum absolute atomic E-state index is 0.847. The molecule has 0 rings (SSSR count). The van der Waals surface area contributed by atoms with Gasteiger partial charge in [-0.3, -0.25) is 4.79 Å². The molecule has 0 radical (unpaired) electrons. The topological polar surface area (TPSA) is 17.1 Å². The molecule has 0 atom stereocenters. The maximum absolute atomic E-state index is 10.0. The average Bonchev–Trinajstić information content (AvgIpc) is 2.08. The molecule has 0 aromatic carbocycles. The van der Waals surface area contributed by atoms with Crippen LogP contribution in [0, 0.1) is 0 Å². The lowest BCUT2D eigenvalue weighted by atomic mass is 10.2. The Hall–Kier alpha value is 0.140. The van der Waals surface area contributed by atoms with Crippen molar-refractivity contribution in [2.45, 2.75) is 33.6 Å². The molecule has 0 bridgehead atoms. The number of halogens is 1. The van der Waals surface area contributed by atoms with Gasteiger partial charge in [0, 0.05) is 0 Å². The lowest BCUT2D eigenvalue weighted by Crippen LogP contribution is -1.77. The standard InChI is InChI=1S/C7H11IO.C2H6/c1-7(6-9)4-2-3-5-8;1-2/h4,6H,2-3,5H2,1H3;1-2H3/b7-4-;. The lowest BCUT2D eigenvalue weighted by molar-refractivity contribution is -0.104. The quantitative estimate of drug-likeness (QED) is 0.251. The van der Waals surface area contributed by atoms with Crippen LogP contribution in [0.4, 0.5) is 0 Å². The Morgan fingerprint density at radius 2 is 2.00 bits per heavy atom. The van der Waals surface area contributed by atoms with Crippen LogP contribution in [0.25, 0.3) is 0 Å². The summed E-state index contributed by atoms with van der Waals surface area (Å²) in [5.74, 6) is 0. The van der Waals surface area contributed by atoms with Crippen LogP contribution >= 0.6 is 22.6 Å². The zero-order chi connectivity index (χ0) is 9.11. The summed E-state index contributed by atoms with van der Waals surface area (Å²) in [7, 11) is 0. The van der Waals surface area contributed by atoms with E-state index in [0.717, 1.165) is 18.3 Å². The zero-order valence-electron chi connectivity index (χ0n) is 7.56. The van der Waals surface area contributed by atoms with Gasteiger partial charge in [0.05, 0.1) is 0 Å². The molecule has 0 aliphatic carbocycles. The van der Waals surface area contributed by atoms with E-state index in [4.69, 9.17) is 0 Å². The maximum Gasteiger partial charge on any atom is 0.145 e. The SMILES string of the molecule is C/C(C=O)=C/CCCI.CC. The van der Waals surface area contributed by atoms with Crippen molar-refractivity contribution in [2.75, 3.05) is 4.43 Å². The number of carbonyl (C=O) groups is 1. The van der Waals surface area contributed by atoms with E-state index in [1.165, 1.54) is 10.8 Å². The van der Waals surface area contributed by atoms with Crippen molar-refractivity contribution >= 4 is 28.9 Å². The van der Waals surface area contributed by atoms with Gasteiger partial charge >= 0.3 is 0 Å². The monoisotopic (exact) mass is 268 g/mol. The highest BCUT2D eigenvalue weighted by atomic mass is 127. The van der Waals surface area contributed by atoms with Gasteiger partial charge in [0.25, 0.3) is 0 Å². The number of aldehydes is 1. The Kier molecular flexibility index (Phi) is 15.9. The third-order valence-electron chi connectivity index (χ3n) is 0.990. The van der Waals surface area contributed by atoms with Crippen molar-refractivity contribution in [3.8, 4) is 0 Å². The van der Waals surface area contributed by atoms with Crippen LogP contribution in [0.15, 0.2) is 11.6 Å². The normalized spacial score (nSPS) is 10.0.